The summed E-state index contributed by atoms with van der Waals surface area (Å²) in [5.41, 5.74) is 2.52. The van der Waals surface area contributed by atoms with Crippen molar-refractivity contribution in [2.24, 2.45) is 10.8 Å². The lowest BCUT2D eigenvalue weighted by Crippen LogP contribution is -2.34. The number of imidazole rings is 1. The second-order valence-electron chi connectivity index (χ2n) is 8.46. The van der Waals surface area contributed by atoms with Gasteiger partial charge in [-0.2, -0.15) is 0 Å². The van der Waals surface area contributed by atoms with Gasteiger partial charge in [0.05, 0.1) is 17.6 Å². The molecule has 4 heteroatoms. The number of aromatic nitrogens is 2. The van der Waals surface area contributed by atoms with Crippen LogP contribution < -0.4 is 0 Å². The Kier molecular flexibility index (Phi) is 2.93. The smallest absolute Gasteiger partial charge is 0.125 e. The quantitative estimate of drug-likeness (QED) is 0.905. The number of H-pyrrole nitrogens is 1. The summed E-state index contributed by atoms with van der Waals surface area (Å²) in [5, 5.41) is 0. The van der Waals surface area contributed by atoms with Crippen LogP contribution in [0.5, 0.6) is 0 Å². The Morgan fingerprint density at radius 2 is 2.14 bits per heavy atom. The predicted molar refractivity (Wildman–Crippen MR) is 86.0 cm³/mol. The molecule has 2 unspecified atom stereocenters. The fourth-order valence-electron chi connectivity index (χ4n) is 5.06. The van der Waals surface area contributed by atoms with Gasteiger partial charge in [-0.1, -0.05) is 20.8 Å². The summed E-state index contributed by atoms with van der Waals surface area (Å²) >= 11 is 0. The van der Waals surface area contributed by atoms with E-state index in [1.165, 1.54) is 31.4 Å². The van der Waals surface area contributed by atoms with Gasteiger partial charge in [-0.25, -0.2) is 9.37 Å². The summed E-state index contributed by atoms with van der Waals surface area (Å²) in [5.74, 6) is 0.739. The lowest BCUT2D eigenvalue weighted by atomic mass is 9.65. The zero-order valence-corrected chi connectivity index (χ0v) is 13.6. The highest BCUT2D eigenvalue weighted by molar-refractivity contribution is 5.74. The Balaban J connectivity index is 1.58. The van der Waals surface area contributed by atoms with Gasteiger partial charge < -0.3 is 4.98 Å². The van der Waals surface area contributed by atoms with Gasteiger partial charge in [-0.3, -0.25) is 4.90 Å². The first-order valence-corrected chi connectivity index (χ1v) is 8.20. The van der Waals surface area contributed by atoms with Crippen molar-refractivity contribution < 1.29 is 4.39 Å². The molecule has 2 bridgehead atoms. The minimum Gasteiger partial charge on any atom is -0.341 e. The number of benzene rings is 1. The average Bonchev–Trinajstić information content (AvgIpc) is 2.86. The molecular formula is C18H24FN3. The molecule has 4 rings (SSSR count). The van der Waals surface area contributed by atoms with E-state index in [9.17, 15) is 4.39 Å². The molecular weight excluding hydrogens is 277 g/mol. The zero-order chi connectivity index (χ0) is 15.5. The molecule has 118 valence electrons. The maximum atomic E-state index is 13.3. The number of fused-ring (bicyclic) bond motifs is 3. The van der Waals surface area contributed by atoms with E-state index in [0.29, 0.717) is 16.9 Å². The third-order valence-corrected chi connectivity index (χ3v) is 5.37. The molecule has 1 aliphatic heterocycles. The highest BCUT2D eigenvalue weighted by Crippen LogP contribution is 2.52. The molecule has 1 aliphatic carbocycles. The molecule has 2 aliphatic rings. The number of hydrogen-bond donors (Lipinski definition) is 1. The number of halogens is 1. The minimum atomic E-state index is -0.214. The average molecular weight is 301 g/mol. The molecule has 2 aromatic rings. The number of nitrogens with one attached hydrogen (secondary N) is 1. The van der Waals surface area contributed by atoms with Gasteiger partial charge in [0, 0.05) is 12.6 Å². The van der Waals surface area contributed by atoms with Gasteiger partial charge >= 0.3 is 0 Å². The monoisotopic (exact) mass is 301 g/mol. The Morgan fingerprint density at radius 1 is 1.32 bits per heavy atom. The van der Waals surface area contributed by atoms with Crippen LogP contribution in [0.15, 0.2) is 18.2 Å². The maximum absolute atomic E-state index is 13.3. The molecule has 2 fully saturated rings. The number of likely N-dealkylation sites (tertiary alicyclic amines) is 1. The molecule has 0 amide bonds. The zero-order valence-electron chi connectivity index (χ0n) is 13.6. The standard InChI is InChI=1S/C18H24FN3/c1-17(2)7-13-8-18(3,10-17)11-22(13)9-16-20-14-5-4-12(19)6-15(14)21-16/h4-6,13H,7-11H2,1-3H3,(H,20,21). The van der Waals surface area contributed by atoms with Crippen LogP contribution in [0, 0.1) is 16.6 Å². The van der Waals surface area contributed by atoms with E-state index in [1.54, 1.807) is 6.07 Å². The molecule has 1 saturated carbocycles. The molecule has 0 spiro atoms. The van der Waals surface area contributed by atoms with Crippen LogP contribution in [0.4, 0.5) is 4.39 Å². The molecule has 2 heterocycles. The first kappa shape index (κ1) is 14.2. The molecule has 2 atom stereocenters. The fraction of sp³-hybridized carbons (Fsp3) is 0.611. The van der Waals surface area contributed by atoms with Crippen LogP contribution in [-0.4, -0.2) is 27.5 Å². The van der Waals surface area contributed by atoms with E-state index >= 15 is 0 Å². The van der Waals surface area contributed by atoms with Crippen molar-refractivity contribution in [2.45, 2.75) is 52.6 Å². The van der Waals surface area contributed by atoms with Crippen LogP contribution in [0.2, 0.25) is 0 Å². The van der Waals surface area contributed by atoms with Gasteiger partial charge in [-0.15, -0.1) is 0 Å². The van der Waals surface area contributed by atoms with Gasteiger partial charge in [0.1, 0.15) is 11.6 Å². The lowest BCUT2D eigenvalue weighted by Gasteiger charge is -2.39. The highest BCUT2D eigenvalue weighted by atomic mass is 19.1. The Morgan fingerprint density at radius 3 is 2.95 bits per heavy atom. The van der Waals surface area contributed by atoms with E-state index in [1.807, 2.05) is 0 Å². The highest BCUT2D eigenvalue weighted by Gasteiger charge is 2.49. The predicted octanol–water partition coefficient (Wildman–Crippen LogP) is 4.10. The first-order valence-electron chi connectivity index (χ1n) is 8.20. The first-order chi connectivity index (χ1) is 10.3. The number of nitrogens with zero attached hydrogens (tertiary/aromatic N) is 2. The van der Waals surface area contributed by atoms with E-state index in [2.05, 4.69) is 35.6 Å². The number of rotatable bonds is 2. The van der Waals surface area contributed by atoms with Crippen molar-refractivity contribution in [1.29, 1.82) is 0 Å². The largest absolute Gasteiger partial charge is 0.341 e. The van der Waals surface area contributed by atoms with Crippen LogP contribution in [-0.2, 0) is 6.54 Å². The van der Waals surface area contributed by atoms with E-state index in [4.69, 9.17) is 0 Å². The van der Waals surface area contributed by atoms with E-state index < -0.39 is 0 Å². The molecule has 1 aromatic carbocycles. The Bertz CT molecular complexity index is 720. The van der Waals surface area contributed by atoms with Crippen molar-refractivity contribution in [1.82, 2.24) is 14.9 Å². The molecule has 22 heavy (non-hydrogen) atoms. The molecule has 0 radical (unpaired) electrons. The number of hydrogen-bond acceptors (Lipinski definition) is 2. The third kappa shape index (κ3) is 2.43. The van der Waals surface area contributed by atoms with Crippen LogP contribution in [0.1, 0.15) is 45.9 Å². The Hall–Kier alpha value is -1.42. The van der Waals surface area contributed by atoms with Crippen molar-refractivity contribution in [3.63, 3.8) is 0 Å². The van der Waals surface area contributed by atoms with Crippen LogP contribution >= 0.6 is 0 Å². The summed E-state index contributed by atoms with van der Waals surface area (Å²) in [6.07, 6.45) is 3.86. The van der Waals surface area contributed by atoms with Crippen molar-refractivity contribution in [3.8, 4) is 0 Å². The van der Waals surface area contributed by atoms with Crippen molar-refractivity contribution >= 4 is 11.0 Å². The van der Waals surface area contributed by atoms with Gasteiger partial charge in [-0.05, 0) is 48.3 Å². The second kappa shape index (κ2) is 4.54. The summed E-state index contributed by atoms with van der Waals surface area (Å²) in [6, 6.07) is 5.40. The topological polar surface area (TPSA) is 31.9 Å². The van der Waals surface area contributed by atoms with Crippen LogP contribution in [0.25, 0.3) is 11.0 Å². The second-order valence-corrected chi connectivity index (χ2v) is 8.46. The SMILES string of the molecule is CC1(C)CC2CC(C)(CN2Cc2nc3ccc(F)cc3[nH]2)C1. The van der Waals surface area contributed by atoms with Crippen LogP contribution in [0.3, 0.4) is 0 Å². The van der Waals surface area contributed by atoms with E-state index in [0.717, 1.165) is 29.9 Å². The Labute approximate surface area is 130 Å². The molecule has 3 nitrogen and oxygen atoms in total. The minimum absolute atomic E-state index is 0.214. The van der Waals surface area contributed by atoms with Gasteiger partial charge in [0.2, 0.25) is 0 Å². The molecule has 1 N–H and O–H groups in total. The lowest BCUT2D eigenvalue weighted by molar-refractivity contribution is 0.126. The normalized spacial score (nSPS) is 31.0. The van der Waals surface area contributed by atoms with Crippen molar-refractivity contribution in [3.05, 3.63) is 29.8 Å². The third-order valence-electron chi connectivity index (χ3n) is 5.37. The summed E-state index contributed by atoms with van der Waals surface area (Å²) < 4.78 is 13.3. The number of aromatic amines is 1. The molecule has 1 aromatic heterocycles. The fourth-order valence-corrected chi connectivity index (χ4v) is 5.06. The maximum Gasteiger partial charge on any atom is 0.125 e. The summed E-state index contributed by atoms with van der Waals surface area (Å²) in [4.78, 5) is 10.5. The van der Waals surface area contributed by atoms with E-state index in [-0.39, 0.29) is 5.82 Å². The molecule has 1 saturated heterocycles. The van der Waals surface area contributed by atoms with Gasteiger partial charge in [0.15, 0.2) is 0 Å². The van der Waals surface area contributed by atoms with Gasteiger partial charge in [0.25, 0.3) is 0 Å². The van der Waals surface area contributed by atoms with Crippen molar-refractivity contribution in [2.75, 3.05) is 6.54 Å². The summed E-state index contributed by atoms with van der Waals surface area (Å²) in [6.45, 7) is 9.20. The summed E-state index contributed by atoms with van der Waals surface area (Å²) in [7, 11) is 0.